The van der Waals surface area contributed by atoms with Gasteiger partial charge in [-0.25, -0.2) is 0 Å². The van der Waals surface area contributed by atoms with Crippen LogP contribution in [0.15, 0.2) is 23.2 Å². The van der Waals surface area contributed by atoms with Crippen LogP contribution in [0.5, 0.6) is 0 Å². The Morgan fingerprint density at radius 2 is 1.95 bits per heavy atom. The lowest BCUT2D eigenvalue weighted by molar-refractivity contribution is 0.432. The fraction of sp³-hybridized carbons (Fsp3) is 0.533. The summed E-state index contributed by atoms with van der Waals surface area (Å²) in [6, 6.07) is 5.38. The first kappa shape index (κ1) is 21.8. The zero-order valence-electron chi connectivity index (χ0n) is 13.4. The normalized spacial score (nSPS) is 13.5. The Balaban J connectivity index is 0.00000441. The van der Waals surface area contributed by atoms with Crippen LogP contribution < -0.4 is 16.4 Å². The van der Waals surface area contributed by atoms with E-state index in [0.717, 1.165) is 12.1 Å². The van der Waals surface area contributed by atoms with Crippen LogP contribution in [0.25, 0.3) is 0 Å². The standard InChI is InChI=1S/C15H24Cl2N4.HI/c1-10(12-6-5-11(16)9-13(12)17)21-14(18)19-7-8-20-15(2,3)4;/h5-6,9-10,20H,7-8H2,1-4H3,(H3,18,19,21);1H. The van der Waals surface area contributed by atoms with Crippen molar-refractivity contribution in [1.29, 1.82) is 0 Å². The van der Waals surface area contributed by atoms with Crippen LogP contribution in [0.2, 0.25) is 10.0 Å². The van der Waals surface area contributed by atoms with Crippen LogP contribution in [0.3, 0.4) is 0 Å². The second kappa shape index (κ2) is 9.80. The van der Waals surface area contributed by atoms with Crippen LogP contribution in [0.1, 0.15) is 39.3 Å². The van der Waals surface area contributed by atoms with Gasteiger partial charge in [0.05, 0.1) is 12.6 Å². The Bertz CT molecular complexity index is 501. The molecule has 1 rings (SSSR count). The topological polar surface area (TPSA) is 62.4 Å². The number of halogens is 3. The van der Waals surface area contributed by atoms with Crippen molar-refractivity contribution < 1.29 is 0 Å². The first-order valence-electron chi connectivity index (χ1n) is 6.95. The number of hydrogen-bond acceptors (Lipinski definition) is 2. The van der Waals surface area contributed by atoms with Gasteiger partial charge in [-0.1, -0.05) is 29.3 Å². The van der Waals surface area contributed by atoms with Crippen LogP contribution in [-0.4, -0.2) is 24.6 Å². The molecule has 0 spiro atoms. The minimum atomic E-state index is -0.0332. The Hall–Kier alpha value is -0.240. The molecular formula is C15H25Cl2IN4. The highest BCUT2D eigenvalue weighted by Crippen LogP contribution is 2.25. The first-order valence-corrected chi connectivity index (χ1v) is 7.71. The number of guanidine groups is 1. The van der Waals surface area contributed by atoms with Gasteiger partial charge in [-0.2, -0.15) is 0 Å². The molecule has 0 heterocycles. The van der Waals surface area contributed by atoms with Gasteiger partial charge in [0.25, 0.3) is 0 Å². The molecule has 0 amide bonds. The Morgan fingerprint density at radius 1 is 1.32 bits per heavy atom. The van der Waals surface area contributed by atoms with Gasteiger partial charge in [0.2, 0.25) is 0 Å². The second-order valence-electron chi connectivity index (χ2n) is 5.98. The summed E-state index contributed by atoms with van der Waals surface area (Å²) in [4.78, 5) is 4.29. The van der Waals surface area contributed by atoms with Crippen LogP contribution in [-0.2, 0) is 0 Å². The average molecular weight is 459 g/mol. The molecule has 0 fully saturated rings. The zero-order chi connectivity index (χ0) is 16.0. The van der Waals surface area contributed by atoms with Crippen molar-refractivity contribution >= 4 is 53.1 Å². The Kier molecular flexibility index (Phi) is 9.69. The quantitative estimate of drug-likeness (QED) is 0.271. The van der Waals surface area contributed by atoms with E-state index < -0.39 is 0 Å². The lowest BCUT2D eigenvalue weighted by atomic mass is 10.1. The van der Waals surface area contributed by atoms with Crippen molar-refractivity contribution in [2.24, 2.45) is 10.7 Å². The fourth-order valence-electron chi connectivity index (χ4n) is 1.81. The molecule has 1 aromatic carbocycles. The molecule has 0 aliphatic carbocycles. The van der Waals surface area contributed by atoms with Crippen molar-refractivity contribution in [2.45, 2.75) is 39.3 Å². The molecule has 22 heavy (non-hydrogen) atoms. The van der Waals surface area contributed by atoms with Gasteiger partial charge in [0, 0.05) is 22.1 Å². The van der Waals surface area contributed by atoms with Gasteiger partial charge in [-0.3, -0.25) is 4.99 Å². The molecule has 0 saturated carbocycles. The largest absolute Gasteiger partial charge is 0.370 e. The number of nitrogens with one attached hydrogen (secondary N) is 2. The molecule has 4 nitrogen and oxygen atoms in total. The SMILES string of the molecule is CC(NC(N)=NCCNC(C)(C)C)c1ccc(Cl)cc1Cl.I. The van der Waals surface area contributed by atoms with Crippen molar-refractivity contribution in [3.05, 3.63) is 33.8 Å². The lowest BCUT2D eigenvalue weighted by Crippen LogP contribution is -2.38. The summed E-state index contributed by atoms with van der Waals surface area (Å²) >= 11 is 12.1. The summed E-state index contributed by atoms with van der Waals surface area (Å²) in [5.41, 5.74) is 6.91. The Morgan fingerprint density at radius 3 is 2.50 bits per heavy atom. The van der Waals surface area contributed by atoms with Gasteiger partial charge < -0.3 is 16.4 Å². The maximum atomic E-state index is 6.17. The molecular weight excluding hydrogens is 434 g/mol. The minimum Gasteiger partial charge on any atom is -0.370 e. The third kappa shape index (κ3) is 8.41. The maximum Gasteiger partial charge on any atom is 0.189 e. The van der Waals surface area contributed by atoms with Crippen molar-refractivity contribution in [2.75, 3.05) is 13.1 Å². The summed E-state index contributed by atoms with van der Waals surface area (Å²) in [7, 11) is 0. The van der Waals surface area contributed by atoms with Crippen LogP contribution >= 0.6 is 47.2 Å². The van der Waals surface area contributed by atoms with Gasteiger partial charge in [-0.15, -0.1) is 24.0 Å². The second-order valence-corrected chi connectivity index (χ2v) is 6.82. The third-order valence-electron chi connectivity index (χ3n) is 2.84. The molecule has 0 saturated heterocycles. The first-order chi connectivity index (χ1) is 9.69. The predicted molar refractivity (Wildman–Crippen MR) is 108 cm³/mol. The van der Waals surface area contributed by atoms with Crippen molar-refractivity contribution in [3.8, 4) is 0 Å². The van der Waals surface area contributed by atoms with E-state index >= 15 is 0 Å². The zero-order valence-corrected chi connectivity index (χ0v) is 17.3. The van der Waals surface area contributed by atoms with Gasteiger partial charge in [0.1, 0.15) is 0 Å². The minimum absolute atomic E-state index is 0. The molecule has 0 bridgehead atoms. The molecule has 1 atom stereocenters. The van der Waals surface area contributed by atoms with Crippen molar-refractivity contribution in [3.63, 3.8) is 0 Å². The number of hydrogen-bond donors (Lipinski definition) is 3. The highest BCUT2D eigenvalue weighted by molar-refractivity contribution is 14.0. The van der Waals surface area contributed by atoms with Crippen molar-refractivity contribution in [1.82, 2.24) is 10.6 Å². The van der Waals surface area contributed by atoms with E-state index in [0.29, 0.717) is 22.5 Å². The number of benzene rings is 1. The molecule has 0 radical (unpaired) electrons. The van der Waals surface area contributed by atoms with E-state index in [1.54, 1.807) is 6.07 Å². The summed E-state index contributed by atoms with van der Waals surface area (Å²) in [5, 5.41) is 7.71. The van der Waals surface area contributed by atoms with E-state index in [-0.39, 0.29) is 35.6 Å². The monoisotopic (exact) mass is 458 g/mol. The van der Waals surface area contributed by atoms with E-state index in [4.69, 9.17) is 28.9 Å². The van der Waals surface area contributed by atoms with Crippen LogP contribution in [0.4, 0.5) is 0 Å². The fourth-order valence-corrected chi connectivity index (χ4v) is 2.38. The van der Waals surface area contributed by atoms with E-state index in [1.807, 2.05) is 19.1 Å². The predicted octanol–water partition coefficient (Wildman–Crippen LogP) is 3.96. The highest BCUT2D eigenvalue weighted by atomic mass is 127. The van der Waals surface area contributed by atoms with E-state index in [2.05, 4.69) is 36.4 Å². The van der Waals surface area contributed by atoms with Gasteiger partial charge >= 0.3 is 0 Å². The summed E-state index contributed by atoms with van der Waals surface area (Å²) in [6.07, 6.45) is 0. The summed E-state index contributed by atoms with van der Waals surface area (Å²) in [6.45, 7) is 9.72. The van der Waals surface area contributed by atoms with E-state index in [1.165, 1.54) is 0 Å². The highest BCUT2D eigenvalue weighted by Gasteiger charge is 2.11. The molecule has 0 aliphatic rings. The van der Waals surface area contributed by atoms with E-state index in [9.17, 15) is 0 Å². The smallest absolute Gasteiger partial charge is 0.189 e. The molecule has 0 aliphatic heterocycles. The number of rotatable bonds is 5. The third-order valence-corrected chi connectivity index (χ3v) is 3.41. The molecule has 126 valence electrons. The summed E-state index contributed by atoms with van der Waals surface area (Å²) < 4.78 is 0. The number of nitrogens with zero attached hydrogens (tertiary/aromatic N) is 1. The molecule has 7 heteroatoms. The average Bonchev–Trinajstić information content (AvgIpc) is 2.33. The molecule has 1 aromatic rings. The lowest BCUT2D eigenvalue weighted by Gasteiger charge is -2.20. The van der Waals surface area contributed by atoms with Crippen LogP contribution in [0, 0.1) is 0 Å². The molecule has 1 unspecified atom stereocenters. The molecule has 0 aromatic heterocycles. The van der Waals surface area contributed by atoms with Gasteiger partial charge in [0.15, 0.2) is 5.96 Å². The molecule has 4 N–H and O–H groups in total. The number of aliphatic imine (C=N–C) groups is 1. The maximum absolute atomic E-state index is 6.17. The Labute approximate surface area is 160 Å². The van der Waals surface area contributed by atoms with Gasteiger partial charge in [-0.05, 0) is 45.4 Å². The summed E-state index contributed by atoms with van der Waals surface area (Å²) in [5.74, 6) is 0.407. The number of nitrogens with two attached hydrogens (primary N) is 1.